The molecular formula is C11H14N4O4. The van der Waals surface area contributed by atoms with E-state index in [2.05, 4.69) is 5.10 Å². The van der Waals surface area contributed by atoms with Crippen molar-refractivity contribution in [2.75, 3.05) is 0 Å². The lowest BCUT2D eigenvalue weighted by molar-refractivity contribution is -0.385. The highest BCUT2D eigenvalue weighted by atomic mass is 16.6. The van der Waals surface area contributed by atoms with Crippen molar-refractivity contribution in [1.29, 1.82) is 0 Å². The average Bonchev–Trinajstić information content (AvgIpc) is 2.93. The van der Waals surface area contributed by atoms with E-state index in [4.69, 9.17) is 5.11 Å². The lowest BCUT2D eigenvalue weighted by Gasteiger charge is -2.36. The van der Waals surface area contributed by atoms with E-state index in [-0.39, 0.29) is 23.8 Å². The van der Waals surface area contributed by atoms with Crippen LogP contribution in [0.2, 0.25) is 0 Å². The van der Waals surface area contributed by atoms with Crippen molar-refractivity contribution in [3.63, 3.8) is 0 Å². The predicted molar refractivity (Wildman–Crippen MR) is 63.8 cm³/mol. The van der Waals surface area contributed by atoms with Gasteiger partial charge in [0.1, 0.15) is 12.4 Å². The van der Waals surface area contributed by atoms with Gasteiger partial charge in [0.25, 0.3) is 0 Å². The summed E-state index contributed by atoms with van der Waals surface area (Å²) >= 11 is 0. The summed E-state index contributed by atoms with van der Waals surface area (Å²) in [5.74, 6) is 0. The smallest absolute Gasteiger partial charge is 0.407 e. The normalized spacial score (nSPS) is 29.5. The second-order valence-corrected chi connectivity index (χ2v) is 5.14. The summed E-state index contributed by atoms with van der Waals surface area (Å²) in [5, 5.41) is 23.8. The molecule has 102 valence electrons. The summed E-state index contributed by atoms with van der Waals surface area (Å²) in [6.45, 7) is 0. The zero-order valence-corrected chi connectivity index (χ0v) is 10.2. The Morgan fingerprint density at radius 3 is 2.47 bits per heavy atom. The number of nitro groups is 1. The van der Waals surface area contributed by atoms with Crippen LogP contribution in [0.25, 0.3) is 0 Å². The molecule has 2 unspecified atom stereocenters. The maximum atomic E-state index is 11.2. The largest absolute Gasteiger partial charge is 0.465 e. The molecule has 2 aliphatic rings. The van der Waals surface area contributed by atoms with Crippen LogP contribution in [-0.4, -0.2) is 42.9 Å². The van der Waals surface area contributed by atoms with Crippen LogP contribution >= 0.6 is 0 Å². The number of aromatic nitrogens is 2. The zero-order chi connectivity index (χ0) is 13.6. The molecule has 0 spiro atoms. The topological polar surface area (TPSA) is 102 Å². The second-order valence-electron chi connectivity index (χ2n) is 5.14. The van der Waals surface area contributed by atoms with E-state index in [1.54, 1.807) is 4.68 Å². The van der Waals surface area contributed by atoms with Gasteiger partial charge in [0.05, 0.1) is 11.0 Å². The molecule has 1 aromatic rings. The van der Waals surface area contributed by atoms with E-state index in [1.807, 2.05) is 0 Å². The Morgan fingerprint density at radius 1 is 1.37 bits per heavy atom. The fourth-order valence-electron chi connectivity index (χ4n) is 3.30. The summed E-state index contributed by atoms with van der Waals surface area (Å²) in [4.78, 5) is 22.9. The number of piperidine rings is 1. The van der Waals surface area contributed by atoms with Crippen LogP contribution in [0.5, 0.6) is 0 Å². The number of amides is 1. The van der Waals surface area contributed by atoms with Gasteiger partial charge >= 0.3 is 11.8 Å². The lowest BCUT2D eigenvalue weighted by Crippen LogP contribution is -2.46. The Balaban J connectivity index is 1.78. The molecule has 2 saturated heterocycles. The molecule has 1 N–H and O–H groups in total. The molecule has 2 atom stereocenters. The monoisotopic (exact) mass is 266 g/mol. The molecular weight excluding hydrogens is 252 g/mol. The number of hydrogen-bond donors (Lipinski definition) is 1. The standard InChI is InChI=1S/C11H14N4O4/c16-11(17)14-7-1-2-8(14)4-9(3-7)13-6-10(5-12-13)15(18)19/h5-9H,1-4H2,(H,16,17). The fourth-order valence-corrected chi connectivity index (χ4v) is 3.30. The first-order valence-electron chi connectivity index (χ1n) is 6.26. The Kier molecular flexibility index (Phi) is 2.65. The quantitative estimate of drug-likeness (QED) is 0.647. The first kappa shape index (κ1) is 11.9. The van der Waals surface area contributed by atoms with Crippen molar-refractivity contribution in [3.05, 3.63) is 22.5 Å². The number of nitrogens with zero attached hydrogens (tertiary/aromatic N) is 4. The number of carbonyl (C=O) groups is 1. The van der Waals surface area contributed by atoms with Crippen LogP contribution < -0.4 is 0 Å². The van der Waals surface area contributed by atoms with E-state index in [0.717, 1.165) is 12.8 Å². The van der Waals surface area contributed by atoms with Crippen molar-refractivity contribution in [2.45, 2.75) is 43.8 Å². The van der Waals surface area contributed by atoms with E-state index >= 15 is 0 Å². The third kappa shape index (κ3) is 1.92. The van der Waals surface area contributed by atoms with Crippen LogP contribution in [-0.2, 0) is 0 Å². The van der Waals surface area contributed by atoms with E-state index in [0.29, 0.717) is 12.8 Å². The minimum Gasteiger partial charge on any atom is -0.465 e. The summed E-state index contributed by atoms with van der Waals surface area (Å²) in [6.07, 6.45) is 4.92. The van der Waals surface area contributed by atoms with Gasteiger partial charge in [0.15, 0.2) is 0 Å². The molecule has 3 heterocycles. The molecule has 19 heavy (non-hydrogen) atoms. The first-order chi connectivity index (χ1) is 9.06. The molecule has 8 heteroatoms. The summed E-state index contributed by atoms with van der Waals surface area (Å²) in [6, 6.07) is 0.0933. The van der Waals surface area contributed by atoms with Crippen molar-refractivity contribution >= 4 is 11.8 Å². The van der Waals surface area contributed by atoms with Gasteiger partial charge in [-0.2, -0.15) is 5.10 Å². The van der Waals surface area contributed by atoms with Gasteiger partial charge in [0.2, 0.25) is 0 Å². The van der Waals surface area contributed by atoms with Crippen LogP contribution in [0.4, 0.5) is 10.5 Å². The van der Waals surface area contributed by atoms with Gasteiger partial charge in [-0.05, 0) is 25.7 Å². The second kappa shape index (κ2) is 4.22. The molecule has 1 amide bonds. The average molecular weight is 266 g/mol. The van der Waals surface area contributed by atoms with Crippen LogP contribution in [0.15, 0.2) is 12.4 Å². The first-order valence-corrected chi connectivity index (χ1v) is 6.26. The summed E-state index contributed by atoms with van der Waals surface area (Å²) in [7, 11) is 0. The Bertz CT molecular complexity index is 515. The number of fused-ring (bicyclic) bond motifs is 2. The molecule has 2 fully saturated rings. The maximum Gasteiger partial charge on any atom is 0.407 e. The van der Waals surface area contributed by atoms with Crippen molar-refractivity contribution in [2.24, 2.45) is 0 Å². The molecule has 3 rings (SSSR count). The summed E-state index contributed by atoms with van der Waals surface area (Å²) < 4.78 is 1.61. The summed E-state index contributed by atoms with van der Waals surface area (Å²) in [5.41, 5.74) is -0.0204. The highest BCUT2D eigenvalue weighted by Gasteiger charge is 2.44. The molecule has 2 bridgehead atoms. The highest BCUT2D eigenvalue weighted by Crippen LogP contribution is 2.40. The lowest BCUT2D eigenvalue weighted by atomic mass is 9.98. The Morgan fingerprint density at radius 2 is 2.00 bits per heavy atom. The van der Waals surface area contributed by atoms with Gasteiger partial charge in [-0.1, -0.05) is 0 Å². The molecule has 2 aliphatic heterocycles. The predicted octanol–water partition coefficient (Wildman–Crippen LogP) is 1.64. The van der Waals surface area contributed by atoms with Gasteiger partial charge in [-0.25, -0.2) is 4.79 Å². The van der Waals surface area contributed by atoms with Crippen molar-refractivity contribution < 1.29 is 14.8 Å². The number of rotatable bonds is 2. The van der Waals surface area contributed by atoms with Crippen LogP contribution in [0.3, 0.4) is 0 Å². The Labute approximate surface area is 108 Å². The van der Waals surface area contributed by atoms with Crippen LogP contribution in [0.1, 0.15) is 31.7 Å². The molecule has 0 radical (unpaired) electrons. The highest BCUT2D eigenvalue weighted by molar-refractivity contribution is 5.66. The number of carboxylic acid groups (broad SMARTS) is 1. The van der Waals surface area contributed by atoms with E-state index in [9.17, 15) is 14.9 Å². The van der Waals surface area contributed by atoms with E-state index in [1.165, 1.54) is 17.3 Å². The molecule has 0 aromatic carbocycles. The van der Waals surface area contributed by atoms with Crippen LogP contribution in [0, 0.1) is 10.1 Å². The van der Waals surface area contributed by atoms with Gasteiger partial charge in [-0.3, -0.25) is 14.8 Å². The maximum absolute atomic E-state index is 11.2. The molecule has 1 aromatic heterocycles. The van der Waals surface area contributed by atoms with Gasteiger partial charge in [-0.15, -0.1) is 0 Å². The minimum absolute atomic E-state index is 0.0181. The zero-order valence-electron chi connectivity index (χ0n) is 10.2. The third-order valence-corrected chi connectivity index (χ3v) is 4.10. The fraction of sp³-hybridized carbons (Fsp3) is 0.636. The SMILES string of the molecule is O=C(O)N1C2CCC1CC(n1cc([N+](=O)[O-])cn1)C2. The minimum atomic E-state index is -0.864. The number of hydrogen-bond acceptors (Lipinski definition) is 4. The molecule has 0 saturated carbocycles. The van der Waals surface area contributed by atoms with E-state index < -0.39 is 11.0 Å². The molecule has 0 aliphatic carbocycles. The van der Waals surface area contributed by atoms with Gasteiger partial charge < -0.3 is 10.0 Å². The third-order valence-electron chi connectivity index (χ3n) is 4.10. The van der Waals surface area contributed by atoms with Crippen molar-refractivity contribution in [3.8, 4) is 0 Å². The van der Waals surface area contributed by atoms with Gasteiger partial charge in [0, 0.05) is 12.1 Å². The molecule has 8 nitrogen and oxygen atoms in total. The Hall–Kier alpha value is -2.12. The van der Waals surface area contributed by atoms with Crippen molar-refractivity contribution in [1.82, 2.24) is 14.7 Å².